The number of rotatable bonds is 8. The van der Waals surface area contributed by atoms with E-state index in [-0.39, 0.29) is 24.3 Å². The Hall–Kier alpha value is -2.99. The maximum Gasteiger partial charge on any atom is 0.266 e. The molecule has 0 aliphatic heterocycles. The molecule has 3 aromatic carbocycles. The van der Waals surface area contributed by atoms with E-state index in [0.717, 1.165) is 53.3 Å². The van der Waals surface area contributed by atoms with E-state index < -0.39 is 0 Å². The minimum atomic E-state index is -0.304. The van der Waals surface area contributed by atoms with E-state index in [1.54, 1.807) is 6.07 Å². The van der Waals surface area contributed by atoms with Gasteiger partial charge in [0.25, 0.3) is 5.91 Å². The Labute approximate surface area is 232 Å². The number of carbonyl (C=O) groups excluding carboxylic acids is 1. The summed E-state index contributed by atoms with van der Waals surface area (Å²) in [5.41, 5.74) is 3.64. The first-order valence-electron chi connectivity index (χ1n) is 13.1. The van der Waals surface area contributed by atoms with E-state index in [0.29, 0.717) is 21.5 Å². The predicted molar refractivity (Wildman–Crippen MR) is 158 cm³/mol. The van der Waals surface area contributed by atoms with E-state index in [4.69, 9.17) is 11.6 Å². The average Bonchev–Trinajstić information content (AvgIpc) is 3.29. The standard InChI is InChI=1S/C32H32ClFN2OS/c1-3-6-21-9-11-22(12-10-21)23-13-18-28(34)24(19-23)20-36(26-16-14-25(35-2)15-17-26)32(37)31-30(33)27-7-4-5-8-29(27)38-31/h3-5,7-13,18-19,25-26,35H,1,6,14-17,20H2,2H3. The summed E-state index contributed by atoms with van der Waals surface area (Å²) in [6.07, 6.45) is 6.37. The average molecular weight is 547 g/mol. The molecule has 6 heteroatoms. The van der Waals surface area contributed by atoms with Crippen LogP contribution < -0.4 is 5.32 Å². The molecule has 4 aromatic rings. The van der Waals surface area contributed by atoms with Gasteiger partial charge in [0.15, 0.2) is 0 Å². The van der Waals surface area contributed by atoms with Gasteiger partial charge >= 0.3 is 0 Å². The summed E-state index contributed by atoms with van der Waals surface area (Å²) in [5.74, 6) is -0.427. The molecule has 1 aromatic heterocycles. The van der Waals surface area contributed by atoms with Gasteiger partial charge in [0.1, 0.15) is 10.7 Å². The predicted octanol–water partition coefficient (Wildman–Crippen LogP) is 8.26. The molecule has 1 aliphatic rings. The summed E-state index contributed by atoms with van der Waals surface area (Å²) >= 11 is 8.14. The Morgan fingerprint density at radius 3 is 2.47 bits per heavy atom. The third-order valence-corrected chi connectivity index (χ3v) is 9.25. The normalized spacial score (nSPS) is 17.4. The molecule has 0 atom stereocenters. The summed E-state index contributed by atoms with van der Waals surface area (Å²) < 4.78 is 16.2. The van der Waals surface area contributed by atoms with Gasteiger partial charge in [-0.05, 0) is 74.0 Å². The number of benzene rings is 3. The Morgan fingerprint density at radius 2 is 1.79 bits per heavy atom. The van der Waals surface area contributed by atoms with Crippen LogP contribution >= 0.6 is 22.9 Å². The van der Waals surface area contributed by atoms with Crippen LogP contribution in [0.2, 0.25) is 5.02 Å². The number of hydrogen-bond donors (Lipinski definition) is 1. The third kappa shape index (κ3) is 5.56. The van der Waals surface area contributed by atoms with Crippen LogP contribution in [0, 0.1) is 5.82 Å². The van der Waals surface area contributed by atoms with Crippen molar-refractivity contribution in [1.29, 1.82) is 0 Å². The summed E-state index contributed by atoms with van der Waals surface area (Å²) in [4.78, 5) is 16.4. The maximum absolute atomic E-state index is 15.2. The van der Waals surface area contributed by atoms with Crippen molar-refractivity contribution in [3.05, 3.63) is 106 Å². The number of nitrogens with zero attached hydrogens (tertiary/aromatic N) is 1. The second-order valence-electron chi connectivity index (χ2n) is 9.96. The molecule has 5 rings (SSSR count). The van der Waals surface area contributed by atoms with E-state index in [2.05, 4.69) is 36.2 Å². The van der Waals surface area contributed by atoms with Crippen LogP contribution in [0.15, 0.2) is 79.4 Å². The molecular weight excluding hydrogens is 515 g/mol. The second-order valence-corrected chi connectivity index (χ2v) is 11.4. The molecule has 0 saturated heterocycles. The van der Waals surface area contributed by atoms with Crippen molar-refractivity contribution in [3.8, 4) is 11.1 Å². The van der Waals surface area contributed by atoms with Crippen molar-refractivity contribution in [2.45, 2.75) is 50.7 Å². The second kappa shape index (κ2) is 11.8. The first kappa shape index (κ1) is 26.6. The quantitative estimate of drug-likeness (QED) is 0.226. The van der Waals surface area contributed by atoms with E-state index in [1.165, 1.54) is 23.0 Å². The zero-order valence-electron chi connectivity index (χ0n) is 21.6. The zero-order chi connectivity index (χ0) is 26.6. The van der Waals surface area contributed by atoms with Gasteiger partial charge in [0.05, 0.1) is 5.02 Å². The first-order chi connectivity index (χ1) is 18.5. The highest BCUT2D eigenvalue weighted by Gasteiger charge is 2.32. The molecule has 0 unspecified atom stereocenters. The molecule has 1 saturated carbocycles. The van der Waals surface area contributed by atoms with Crippen molar-refractivity contribution in [1.82, 2.24) is 10.2 Å². The lowest BCUT2D eigenvalue weighted by Gasteiger charge is -2.37. The molecule has 0 spiro atoms. The SMILES string of the molecule is C=CCc1ccc(-c2ccc(F)c(CN(C(=O)c3sc4ccccc4c3Cl)C3CCC(NC)CC3)c2)cc1. The number of carbonyl (C=O) groups is 1. The van der Waals surface area contributed by atoms with Crippen molar-refractivity contribution < 1.29 is 9.18 Å². The third-order valence-electron chi connectivity index (χ3n) is 7.59. The summed E-state index contributed by atoms with van der Waals surface area (Å²) in [7, 11) is 1.98. The molecule has 38 heavy (non-hydrogen) atoms. The molecule has 1 fully saturated rings. The monoisotopic (exact) mass is 546 g/mol. The van der Waals surface area contributed by atoms with Gasteiger partial charge in [-0.2, -0.15) is 0 Å². The minimum Gasteiger partial charge on any atom is -0.330 e. The van der Waals surface area contributed by atoms with Gasteiger partial charge in [-0.25, -0.2) is 4.39 Å². The molecule has 1 aliphatic carbocycles. The topological polar surface area (TPSA) is 32.3 Å². The Balaban J connectivity index is 1.48. The smallest absolute Gasteiger partial charge is 0.266 e. The minimum absolute atomic E-state index is 0.0228. The van der Waals surface area contributed by atoms with Crippen LogP contribution in [0.3, 0.4) is 0 Å². The Kier molecular flexibility index (Phi) is 8.27. The zero-order valence-corrected chi connectivity index (χ0v) is 23.1. The van der Waals surface area contributed by atoms with Crippen LogP contribution in [0.5, 0.6) is 0 Å². The molecular formula is C32H32ClFN2OS. The molecule has 0 radical (unpaired) electrons. The largest absolute Gasteiger partial charge is 0.330 e. The number of fused-ring (bicyclic) bond motifs is 1. The van der Waals surface area contributed by atoms with Crippen molar-refractivity contribution >= 4 is 38.9 Å². The molecule has 1 amide bonds. The number of amides is 1. The lowest BCUT2D eigenvalue weighted by molar-refractivity contribution is 0.0604. The number of thiophene rings is 1. The number of hydrogen-bond acceptors (Lipinski definition) is 3. The highest BCUT2D eigenvalue weighted by Crippen LogP contribution is 2.38. The van der Waals surface area contributed by atoms with Crippen molar-refractivity contribution in [2.75, 3.05) is 7.05 Å². The van der Waals surface area contributed by atoms with E-state index >= 15 is 4.39 Å². The molecule has 196 valence electrons. The van der Waals surface area contributed by atoms with Gasteiger partial charge in [0.2, 0.25) is 0 Å². The summed E-state index contributed by atoms with van der Waals surface area (Å²) in [6.45, 7) is 4.00. The highest BCUT2D eigenvalue weighted by molar-refractivity contribution is 7.21. The van der Waals surface area contributed by atoms with Gasteiger partial charge < -0.3 is 10.2 Å². The van der Waals surface area contributed by atoms with Crippen LogP contribution in [0.4, 0.5) is 4.39 Å². The van der Waals surface area contributed by atoms with Crippen molar-refractivity contribution in [3.63, 3.8) is 0 Å². The molecule has 3 nitrogen and oxygen atoms in total. The highest BCUT2D eigenvalue weighted by atomic mass is 35.5. The first-order valence-corrected chi connectivity index (χ1v) is 14.3. The van der Waals surface area contributed by atoms with Gasteiger partial charge in [-0.1, -0.05) is 66.2 Å². The van der Waals surface area contributed by atoms with Gasteiger partial charge in [-0.3, -0.25) is 4.79 Å². The molecule has 0 bridgehead atoms. The van der Waals surface area contributed by atoms with Crippen LogP contribution in [0.25, 0.3) is 21.2 Å². The van der Waals surface area contributed by atoms with E-state index in [9.17, 15) is 4.79 Å². The number of halogens is 2. The van der Waals surface area contributed by atoms with Crippen molar-refractivity contribution in [2.24, 2.45) is 0 Å². The van der Waals surface area contributed by atoms with E-state index in [1.807, 2.05) is 48.4 Å². The van der Waals surface area contributed by atoms with Crippen LogP contribution in [-0.2, 0) is 13.0 Å². The maximum atomic E-state index is 15.2. The Morgan fingerprint density at radius 1 is 1.08 bits per heavy atom. The number of allylic oxidation sites excluding steroid dienone is 1. The van der Waals surface area contributed by atoms with Crippen LogP contribution in [-0.4, -0.2) is 29.9 Å². The molecule has 1 heterocycles. The lowest BCUT2D eigenvalue weighted by Crippen LogP contribution is -2.44. The lowest BCUT2D eigenvalue weighted by atomic mass is 9.89. The van der Waals surface area contributed by atoms with Gasteiger partial charge in [0, 0.05) is 34.3 Å². The Bertz CT molecular complexity index is 1440. The fraction of sp³-hybridized carbons (Fsp3) is 0.281. The fourth-order valence-corrected chi connectivity index (χ4v) is 6.85. The van der Waals surface area contributed by atoms with Crippen LogP contribution in [0.1, 0.15) is 46.5 Å². The summed E-state index contributed by atoms with van der Waals surface area (Å²) in [6, 6.07) is 21.7. The molecule has 1 N–H and O–H groups in total. The number of nitrogens with one attached hydrogen (secondary N) is 1. The van der Waals surface area contributed by atoms with Gasteiger partial charge in [-0.15, -0.1) is 17.9 Å². The fourth-order valence-electron chi connectivity index (χ4n) is 5.38. The summed E-state index contributed by atoms with van der Waals surface area (Å²) in [5, 5.41) is 4.73.